The molecule has 0 amide bonds. The highest BCUT2D eigenvalue weighted by atomic mass is 32.1. The van der Waals surface area contributed by atoms with Crippen LogP contribution in [0.2, 0.25) is 0 Å². The van der Waals surface area contributed by atoms with Crippen LogP contribution in [0.5, 0.6) is 0 Å². The quantitative estimate of drug-likeness (QED) is 0.108. The molecule has 0 radical (unpaired) electrons. The zero-order valence-electron chi connectivity index (χ0n) is 37.8. The first-order valence-corrected chi connectivity index (χ1v) is 24.9. The van der Waals surface area contributed by atoms with Gasteiger partial charge in [0.05, 0.1) is 0 Å². The molecule has 0 aliphatic heterocycles. The van der Waals surface area contributed by atoms with Gasteiger partial charge >= 0.3 is 0 Å². The van der Waals surface area contributed by atoms with Crippen molar-refractivity contribution in [3.05, 3.63) is 305 Å². The summed E-state index contributed by atoms with van der Waals surface area (Å²) in [4.78, 5) is 10.6. The molecule has 0 unspecified atom stereocenters. The predicted octanol–water partition coefficient (Wildman–Crippen LogP) is 18.9. The normalized spacial score (nSPS) is 10.9. The second-order valence-electron chi connectivity index (χ2n) is 16.6. The lowest BCUT2D eigenvalue weighted by molar-refractivity contribution is 1.28. The van der Waals surface area contributed by atoms with E-state index < -0.39 is 0 Å². The molecule has 2 aromatic heterocycles. The van der Waals surface area contributed by atoms with Crippen LogP contribution in [0.4, 0.5) is 51.2 Å². The van der Waals surface area contributed by atoms with Crippen LogP contribution in [0, 0.1) is 0 Å². The van der Waals surface area contributed by atoms with E-state index in [9.17, 15) is 0 Å². The average molecular weight is 922 g/mol. The molecule has 0 N–H and O–H groups in total. The van der Waals surface area contributed by atoms with Crippen molar-refractivity contribution in [2.24, 2.45) is 0 Å². The van der Waals surface area contributed by atoms with Gasteiger partial charge in [-0.3, -0.25) is 0 Å². The molecule has 0 saturated heterocycles. The Bertz CT molecular complexity index is 3130. The number of benzene rings is 9. The number of nitrogens with zero attached hydrogens (tertiary/aromatic N) is 3. The van der Waals surface area contributed by atoms with Crippen LogP contribution in [0.25, 0.3) is 21.6 Å². The van der Waals surface area contributed by atoms with E-state index in [1.165, 1.54) is 31.3 Å². The largest absolute Gasteiger partial charge is 0.311 e. The van der Waals surface area contributed by atoms with Crippen molar-refractivity contribution in [1.29, 1.82) is 0 Å². The van der Waals surface area contributed by atoms with Crippen LogP contribution in [-0.4, -0.2) is 0 Å². The molecule has 3 nitrogen and oxygen atoms in total. The molecule has 0 atom stereocenters. The van der Waals surface area contributed by atoms with Crippen LogP contribution in [0.3, 0.4) is 0 Å². The summed E-state index contributed by atoms with van der Waals surface area (Å²) in [6.07, 6.45) is 0. The van der Waals surface area contributed by atoms with Crippen molar-refractivity contribution in [1.82, 2.24) is 0 Å². The van der Waals surface area contributed by atoms with Crippen LogP contribution >= 0.6 is 22.7 Å². The maximum absolute atomic E-state index is 2.32. The van der Waals surface area contributed by atoms with Gasteiger partial charge in [-0.25, -0.2) is 0 Å². The monoisotopic (exact) mass is 921 g/mol. The average Bonchev–Trinajstić information content (AvgIpc) is 4.15. The van der Waals surface area contributed by atoms with Gasteiger partial charge in [-0.05, 0) is 155 Å². The minimum absolute atomic E-state index is 1.09. The molecule has 5 heteroatoms. The van der Waals surface area contributed by atoms with E-state index in [2.05, 4.69) is 299 Å². The van der Waals surface area contributed by atoms with Gasteiger partial charge in [0.25, 0.3) is 0 Å². The Balaban J connectivity index is 1.04. The van der Waals surface area contributed by atoms with E-state index >= 15 is 0 Å². The third-order valence-corrected chi connectivity index (χ3v) is 14.2. The molecule has 9 aromatic carbocycles. The first kappa shape index (κ1) is 43.1. The molecule has 0 aliphatic carbocycles. The van der Waals surface area contributed by atoms with Crippen molar-refractivity contribution < 1.29 is 0 Å². The van der Waals surface area contributed by atoms with E-state index in [4.69, 9.17) is 0 Å². The van der Waals surface area contributed by atoms with Gasteiger partial charge in [0.2, 0.25) is 0 Å². The van der Waals surface area contributed by atoms with E-state index in [0.29, 0.717) is 0 Å². The van der Waals surface area contributed by atoms with Crippen molar-refractivity contribution in [3.63, 3.8) is 0 Å². The van der Waals surface area contributed by atoms with E-state index in [1.54, 1.807) is 11.3 Å². The molecule has 0 saturated carbocycles. The van der Waals surface area contributed by atoms with Crippen molar-refractivity contribution in [2.75, 3.05) is 14.7 Å². The van der Waals surface area contributed by atoms with E-state index in [-0.39, 0.29) is 0 Å². The fourth-order valence-corrected chi connectivity index (χ4v) is 10.9. The van der Waals surface area contributed by atoms with Gasteiger partial charge in [-0.2, -0.15) is 0 Å². The fraction of sp³-hybridized carbons (Fsp3) is 0. The van der Waals surface area contributed by atoms with Gasteiger partial charge < -0.3 is 14.7 Å². The second kappa shape index (κ2) is 20.2. The summed E-state index contributed by atoms with van der Waals surface area (Å²) in [6.45, 7) is 0. The third-order valence-electron chi connectivity index (χ3n) is 12.2. The van der Waals surface area contributed by atoms with Crippen LogP contribution in [0.15, 0.2) is 284 Å². The van der Waals surface area contributed by atoms with Crippen molar-refractivity contribution >= 4 is 85.0 Å². The summed E-state index contributed by atoms with van der Waals surface area (Å²) in [5, 5.41) is 2.19. The predicted molar refractivity (Wildman–Crippen MR) is 296 cm³/mol. The summed E-state index contributed by atoms with van der Waals surface area (Å²) < 4.78 is 0. The second-order valence-corrected chi connectivity index (χ2v) is 18.6. The van der Waals surface area contributed by atoms with Gasteiger partial charge in [0.15, 0.2) is 0 Å². The molecule has 0 fully saturated rings. The van der Waals surface area contributed by atoms with Crippen molar-refractivity contribution in [2.45, 2.75) is 0 Å². The summed E-state index contributed by atoms with van der Waals surface area (Å²) >= 11 is 3.62. The molecule has 0 bridgehead atoms. The number of para-hydroxylation sites is 6. The van der Waals surface area contributed by atoms with E-state index in [0.717, 1.165) is 62.3 Å². The molecular formula is C64H47N3S2. The standard InChI is InChI=1S/C64H47N3S2/c1-7-20-51(21-8-1)65(52-22-9-2-10-23-52)57-39-33-48(34-40-57)60-45-46-62(69-60)64(61-32-19-47-68-61)63(49-35-41-58(42-36-49)66(53-24-11-3-12-25-53)54-26-13-4-14-27-54)50-37-43-59(44-38-50)67(55-28-15-5-16-29-55)56-30-17-6-18-31-56/h1-47H. The maximum Gasteiger partial charge on any atom is 0.0462 e. The van der Waals surface area contributed by atoms with Gasteiger partial charge in [-0.15, -0.1) is 22.7 Å². The lowest BCUT2D eigenvalue weighted by Crippen LogP contribution is -2.10. The summed E-state index contributed by atoms with van der Waals surface area (Å²) in [5.41, 5.74) is 15.8. The third kappa shape index (κ3) is 9.30. The number of anilines is 9. The highest BCUT2D eigenvalue weighted by molar-refractivity contribution is 7.17. The van der Waals surface area contributed by atoms with Gasteiger partial charge in [-0.1, -0.05) is 152 Å². The molecule has 0 aliphatic rings. The zero-order chi connectivity index (χ0) is 46.2. The summed E-state index contributed by atoms with van der Waals surface area (Å²) in [6, 6.07) is 99.8. The summed E-state index contributed by atoms with van der Waals surface area (Å²) in [7, 11) is 0. The first-order valence-electron chi connectivity index (χ1n) is 23.2. The SMILES string of the molecule is c1ccc(N(c2ccccc2)c2ccc(C(=C(c3cccs3)c3ccc(-c4ccc(N(c5ccccc5)c5ccccc5)cc4)s3)c3ccc(N(c4ccccc4)c4ccccc4)cc3)cc2)cc1. The van der Waals surface area contributed by atoms with Crippen LogP contribution in [0.1, 0.15) is 20.9 Å². The summed E-state index contributed by atoms with van der Waals surface area (Å²) in [5.74, 6) is 0. The van der Waals surface area contributed by atoms with Crippen molar-refractivity contribution in [3.8, 4) is 10.4 Å². The highest BCUT2D eigenvalue weighted by Gasteiger charge is 2.22. The first-order chi connectivity index (χ1) is 34.2. The van der Waals surface area contributed by atoms with Gasteiger partial charge in [0, 0.05) is 71.4 Å². The number of hydrogen-bond acceptors (Lipinski definition) is 5. The Morgan fingerprint density at radius 2 is 0.565 bits per heavy atom. The number of rotatable bonds is 14. The molecule has 330 valence electrons. The van der Waals surface area contributed by atoms with E-state index in [1.807, 2.05) is 11.3 Å². The van der Waals surface area contributed by atoms with Crippen LogP contribution in [-0.2, 0) is 0 Å². The Morgan fingerprint density at radius 3 is 0.884 bits per heavy atom. The number of thiophene rings is 2. The lowest BCUT2D eigenvalue weighted by atomic mass is 9.91. The molecule has 0 spiro atoms. The lowest BCUT2D eigenvalue weighted by Gasteiger charge is -2.26. The Morgan fingerprint density at radius 1 is 0.246 bits per heavy atom. The Kier molecular flexibility index (Phi) is 12.6. The molecular weight excluding hydrogens is 875 g/mol. The number of hydrogen-bond donors (Lipinski definition) is 0. The molecule has 11 aromatic rings. The minimum atomic E-state index is 1.09. The van der Waals surface area contributed by atoms with Crippen LogP contribution < -0.4 is 14.7 Å². The maximum atomic E-state index is 2.32. The molecule has 11 rings (SSSR count). The Labute approximate surface area is 413 Å². The molecule has 2 heterocycles. The smallest absolute Gasteiger partial charge is 0.0462 e. The molecule has 69 heavy (non-hydrogen) atoms. The zero-order valence-corrected chi connectivity index (χ0v) is 39.4. The Hall–Kier alpha value is -8.48. The fourth-order valence-electron chi connectivity index (χ4n) is 9.00. The topological polar surface area (TPSA) is 9.72 Å². The highest BCUT2D eigenvalue weighted by Crippen LogP contribution is 2.45. The minimum Gasteiger partial charge on any atom is -0.311 e. The van der Waals surface area contributed by atoms with Gasteiger partial charge in [0.1, 0.15) is 0 Å².